The maximum atomic E-state index is 9.79. The molecule has 0 atom stereocenters. The summed E-state index contributed by atoms with van der Waals surface area (Å²) < 4.78 is 1.15. The van der Waals surface area contributed by atoms with Crippen LogP contribution in [0.4, 0.5) is 0 Å². The van der Waals surface area contributed by atoms with Gasteiger partial charge in [0.05, 0.1) is 16.7 Å². The van der Waals surface area contributed by atoms with Crippen LogP contribution in [0, 0.1) is 0 Å². The van der Waals surface area contributed by atoms with E-state index in [1.807, 2.05) is 36.4 Å². The Balaban J connectivity index is 1.75. The van der Waals surface area contributed by atoms with Gasteiger partial charge in [0.15, 0.2) is 5.75 Å². The van der Waals surface area contributed by atoms with Crippen molar-refractivity contribution in [3.8, 4) is 34.6 Å². The Morgan fingerprint density at radius 1 is 0.913 bits per heavy atom. The van der Waals surface area contributed by atoms with Gasteiger partial charge in [0.25, 0.3) is 0 Å². The first-order valence-corrected chi connectivity index (χ1v) is 7.01. The predicted molar refractivity (Wildman–Crippen MR) is 85.9 cm³/mol. The standard InChI is InChI=1S/C17H13N3O3/c21-14-9-15(22)20(17(14)23)11-7-5-10(6-8-11)16-18-12-3-1-2-4-13(12)19-16/h1-9,21-23H,(H,18,19). The first kappa shape index (κ1) is 13.3. The number of hydrogen-bond acceptors (Lipinski definition) is 4. The zero-order valence-electron chi connectivity index (χ0n) is 11.9. The number of benzene rings is 2. The second-order valence-corrected chi connectivity index (χ2v) is 5.20. The molecule has 6 heteroatoms. The van der Waals surface area contributed by atoms with Crippen molar-refractivity contribution >= 4 is 11.0 Å². The van der Waals surface area contributed by atoms with Gasteiger partial charge in [-0.25, -0.2) is 9.55 Å². The molecular formula is C17H13N3O3. The van der Waals surface area contributed by atoms with Crippen molar-refractivity contribution in [1.82, 2.24) is 14.5 Å². The van der Waals surface area contributed by atoms with Gasteiger partial charge in [-0.05, 0) is 36.4 Å². The van der Waals surface area contributed by atoms with Crippen LogP contribution in [0.1, 0.15) is 0 Å². The molecule has 0 amide bonds. The van der Waals surface area contributed by atoms with Gasteiger partial charge >= 0.3 is 0 Å². The van der Waals surface area contributed by atoms with E-state index < -0.39 is 5.88 Å². The largest absolute Gasteiger partial charge is 0.503 e. The third-order valence-corrected chi connectivity index (χ3v) is 3.72. The van der Waals surface area contributed by atoms with Crippen LogP contribution < -0.4 is 0 Å². The Morgan fingerprint density at radius 2 is 1.65 bits per heavy atom. The van der Waals surface area contributed by atoms with Crippen molar-refractivity contribution < 1.29 is 15.3 Å². The molecule has 6 nitrogen and oxygen atoms in total. The molecule has 2 aromatic heterocycles. The lowest BCUT2D eigenvalue weighted by Crippen LogP contribution is -1.92. The van der Waals surface area contributed by atoms with Gasteiger partial charge in [-0.3, -0.25) is 0 Å². The van der Waals surface area contributed by atoms with E-state index >= 15 is 0 Å². The minimum Gasteiger partial charge on any atom is -0.503 e. The summed E-state index contributed by atoms with van der Waals surface area (Å²) in [6, 6.07) is 15.9. The van der Waals surface area contributed by atoms with E-state index in [-0.39, 0.29) is 11.6 Å². The third kappa shape index (κ3) is 2.08. The average Bonchev–Trinajstić information content (AvgIpc) is 3.09. The van der Waals surface area contributed by atoms with Gasteiger partial charge in [-0.2, -0.15) is 0 Å². The number of aromatic hydroxyl groups is 3. The van der Waals surface area contributed by atoms with Gasteiger partial charge < -0.3 is 20.3 Å². The lowest BCUT2D eigenvalue weighted by atomic mass is 10.2. The molecule has 0 bridgehead atoms. The molecule has 23 heavy (non-hydrogen) atoms. The summed E-state index contributed by atoms with van der Waals surface area (Å²) in [5.41, 5.74) is 3.25. The number of aromatic nitrogens is 3. The number of imidazole rings is 1. The molecule has 0 aliphatic carbocycles. The Labute approximate surface area is 130 Å². The summed E-state index contributed by atoms with van der Waals surface area (Å²) in [5, 5.41) is 29.0. The molecule has 0 aliphatic heterocycles. The van der Waals surface area contributed by atoms with Crippen molar-refractivity contribution in [3.63, 3.8) is 0 Å². The molecule has 0 fully saturated rings. The number of rotatable bonds is 2. The number of hydrogen-bond donors (Lipinski definition) is 4. The number of H-pyrrole nitrogens is 1. The summed E-state index contributed by atoms with van der Waals surface area (Å²) in [4.78, 5) is 7.76. The highest BCUT2D eigenvalue weighted by atomic mass is 16.3. The van der Waals surface area contributed by atoms with Crippen LogP contribution in [-0.2, 0) is 0 Å². The van der Waals surface area contributed by atoms with Gasteiger partial charge in [0.1, 0.15) is 5.82 Å². The predicted octanol–water partition coefficient (Wildman–Crippen LogP) is 3.14. The Bertz CT molecular complexity index is 967. The van der Waals surface area contributed by atoms with Gasteiger partial charge in [0.2, 0.25) is 11.8 Å². The van der Waals surface area contributed by atoms with E-state index in [9.17, 15) is 15.3 Å². The maximum Gasteiger partial charge on any atom is 0.242 e. The third-order valence-electron chi connectivity index (χ3n) is 3.72. The molecule has 114 valence electrons. The molecule has 2 heterocycles. The van der Waals surface area contributed by atoms with Crippen molar-refractivity contribution in [3.05, 3.63) is 54.6 Å². The van der Waals surface area contributed by atoms with Crippen molar-refractivity contribution in [1.29, 1.82) is 0 Å². The molecule has 0 saturated carbocycles. The van der Waals surface area contributed by atoms with Crippen molar-refractivity contribution in [2.75, 3.05) is 0 Å². The molecule has 4 N–H and O–H groups in total. The van der Waals surface area contributed by atoms with Crippen LogP contribution in [0.5, 0.6) is 17.5 Å². The van der Waals surface area contributed by atoms with Gasteiger partial charge in [0, 0.05) is 11.6 Å². The highest BCUT2D eigenvalue weighted by Gasteiger charge is 2.14. The van der Waals surface area contributed by atoms with Crippen LogP contribution in [0.25, 0.3) is 28.1 Å². The molecule has 0 spiro atoms. The Kier molecular flexibility index (Phi) is 2.77. The monoisotopic (exact) mass is 307 g/mol. The average molecular weight is 307 g/mol. The van der Waals surface area contributed by atoms with Crippen LogP contribution >= 0.6 is 0 Å². The number of fused-ring (bicyclic) bond motifs is 1. The molecular weight excluding hydrogens is 294 g/mol. The number of aromatic amines is 1. The number of para-hydroxylation sites is 2. The van der Waals surface area contributed by atoms with Crippen LogP contribution in [0.15, 0.2) is 54.6 Å². The summed E-state index contributed by atoms with van der Waals surface area (Å²) in [5.74, 6) is -0.277. The van der Waals surface area contributed by atoms with E-state index in [0.29, 0.717) is 5.69 Å². The van der Waals surface area contributed by atoms with Crippen LogP contribution in [-0.4, -0.2) is 29.9 Å². The van der Waals surface area contributed by atoms with Crippen molar-refractivity contribution in [2.45, 2.75) is 0 Å². The minimum atomic E-state index is -0.404. The molecule has 0 radical (unpaired) electrons. The summed E-state index contributed by atoms with van der Waals surface area (Å²) >= 11 is 0. The van der Waals surface area contributed by atoms with Gasteiger partial charge in [-0.15, -0.1) is 0 Å². The smallest absolute Gasteiger partial charge is 0.242 e. The molecule has 2 aromatic carbocycles. The van der Waals surface area contributed by atoms with E-state index in [0.717, 1.165) is 33.1 Å². The summed E-state index contributed by atoms with van der Waals surface area (Å²) in [6.07, 6.45) is 0. The number of nitrogens with zero attached hydrogens (tertiary/aromatic N) is 2. The topological polar surface area (TPSA) is 94.3 Å². The second kappa shape index (κ2) is 4.81. The highest BCUT2D eigenvalue weighted by molar-refractivity contribution is 5.79. The zero-order valence-corrected chi connectivity index (χ0v) is 11.9. The number of nitrogens with one attached hydrogen (secondary N) is 1. The normalized spacial score (nSPS) is 11.1. The Morgan fingerprint density at radius 3 is 2.30 bits per heavy atom. The Hall–Kier alpha value is -3.41. The van der Waals surface area contributed by atoms with Gasteiger partial charge in [-0.1, -0.05) is 12.1 Å². The van der Waals surface area contributed by atoms with E-state index in [1.54, 1.807) is 12.1 Å². The van der Waals surface area contributed by atoms with Crippen molar-refractivity contribution in [2.24, 2.45) is 0 Å². The fourth-order valence-electron chi connectivity index (χ4n) is 2.59. The fourth-order valence-corrected chi connectivity index (χ4v) is 2.59. The highest BCUT2D eigenvalue weighted by Crippen LogP contribution is 2.36. The summed E-state index contributed by atoms with van der Waals surface area (Å²) in [7, 11) is 0. The summed E-state index contributed by atoms with van der Waals surface area (Å²) in [6.45, 7) is 0. The first-order valence-electron chi connectivity index (χ1n) is 7.01. The van der Waals surface area contributed by atoms with E-state index in [2.05, 4.69) is 9.97 Å². The van der Waals surface area contributed by atoms with Crippen LogP contribution in [0.3, 0.4) is 0 Å². The maximum absolute atomic E-state index is 9.79. The molecule has 0 aliphatic rings. The SMILES string of the molecule is Oc1cc(O)n(-c2ccc(-c3nc4ccccc4[nH]3)cc2)c1O. The molecule has 4 rings (SSSR count). The first-order chi connectivity index (χ1) is 11.1. The van der Waals surface area contributed by atoms with Crippen LogP contribution in [0.2, 0.25) is 0 Å². The minimum absolute atomic E-state index is 0.239. The van der Waals surface area contributed by atoms with E-state index in [4.69, 9.17) is 0 Å². The fraction of sp³-hybridized carbons (Fsp3) is 0. The molecule has 0 saturated heterocycles. The lowest BCUT2D eigenvalue weighted by molar-refractivity contribution is 0.377. The second-order valence-electron chi connectivity index (χ2n) is 5.20. The molecule has 4 aromatic rings. The molecule has 0 unspecified atom stereocenters. The lowest BCUT2D eigenvalue weighted by Gasteiger charge is -2.07. The van der Waals surface area contributed by atoms with E-state index in [1.165, 1.54) is 0 Å². The zero-order chi connectivity index (χ0) is 16.0. The quantitative estimate of drug-likeness (QED) is 0.457.